The van der Waals surface area contributed by atoms with E-state index < -0.39 is 10.0 Å². The maximum absolute atomic E-state index is 12.8. The average molecular weight is 510 g/mol. The van der Waals surface area contributed by atoms with Crippen LogP contribution in [0.15, 0.2) is 80.9 Å². The molecule has 4 rings (SSSR count). The number of benzene rings is 3. The van der Waals surface area contributed by atoms with E-state index in [-0.39, 0.29) is 9.77 Å². The molecular formula is C20H14BrClN2O3S2. The smallest absolute Gasteiger partial charge is 0.294 e. The van der Waals surface area contributed by atoms with E-state index in [0.29, 0.717) is 31.9 Å². The Morgan fingerprint density at radius 1 is 1.03 bits per heavy atom. The molecule has 0 fully saturated rings. The number of rotatable bonds is 5. The largest absolute Gasteiger partial charge is 0.308 e. The first kappa shape index (κ1) is 20.2. The molecule has 0 aliphatic carbocycles. The monoisotopic (exact) mass is 508 g/mol. The minimum absolute atomic E-state index is 0.0807. The highest BCUT2D eigenvalue weighted by atomic mass is 79.9. The summed E-state index contributed by atoms with van der Waals surface area (Å²) in [4.78, 5) is 12.4. The van der Waals surface area contributed by atoms with Crippen molar-refractivity contribution in [3.63, 3.8) is 0 Å². The number of halogens is 2. The van der Waals surface area contributed by atoms with Crippen LogP contribution in [0.4, 0.5) is 5.69 Å². The highest BCUT2D eigenvalue weighted by molar-refractivity contribution is 9.10. The highest BCUT2D eigenvalue weighted by Gasteiger charge is 2.17. The number of nitrogens with one attached hydrogen (secondary N) is 1. The Labute approximate surface area is 184 Å². The molecule has 0 saturated heterocycles. The third-order valence-corrected chi connectivity index (χ3v) is 7.86. The number of hydrogen-bond acceptors (Lipinski definition) is 4. The zero-order chi connectivity index (χ0) is 20.6. The number of aromatic nitrogens is 1. The van der Waals surface area contributed by atoms with Crippen LogP contribution < -0.4 is 9.60 Å². The predicted octanol–water partition coefficient (Wildman–Crippen LogP) is 5.33. The van der Waals surface area contributed by atoms with Crippen molar-refractivity contribution in [3.8, 4) is 0 Å². The van der Waals surface area contributed by atoms with E-state index in [1.54, 1.807) is 22.8 Å². The lowest BCUT2D eigenvalue weighted by Crippen LogP contribution is -2.14. The second kappa shape index (κ2) is 7.95. The van der Waals surface area contributed by atoms with E-state index in [1.165, 1.54) is 18.2 Å². The number of thiazole rings is 1. The van der Waals surface area contributed by atoms with Gasteiger partial charge in [-0.3, -0.25) is 14.1 Å². The van der Waals surface area contributed by atoms with Crippen LogP contribution in [0.2, 0.25) is 5.02 Å². The number of nitrogens with zero attached hydrogens (tertiary/aromatic N) is 1. The van der Waals surface area contributed by atoms with Crippen molar-refractivity contribution >= 4 is 64.8 Å². The van der Waals surface area contributed by atoms with Crippen LogP contribution in [0.1, 0.15) is 5.56 Å². The molecule has 4 aromatic rings. The first-order valence-corrected chi connectivity index (χ1v) is 12.0. The van der Waals surface area contributed by atoms with Gasteiger partial charge in [0, 0.05) is 4.47 Å². The molecule has 9 heteroatoms. The summed E-state index contributed by atoms with van der Waals surface area (Å²) in [6, 6.07) is 19.1. The Balaban J connectivity index is 1.68. The molecular weight excluding hydrogens is 496 g/mol. The fourth-order valence-electron chi connectivity index (χ4n) is 2.90. The summed E-state index contributed by atoms with van der Waals surface area (Å²) in [7, 11) is -3.83. The number of hydrogen-bond donors (Lipinski definition) is 1. The summed E-state index contributed by atoms with van der Waals surface area (Å²) in [6.07, 6.45) is 0. The van der Waals surface area contributed by atoms with Crippen molar-refractivity contribution in [2.45, 2.75) is 11.4 Å². The maximum Gasteiger partial charge on any atom is 0.308 e. The van der Waals surface area contributed by atoms with Crippen LogP contribution >= 0.6 is 38.9 Å². The van der Waals surface area contributed by atoms with Crippen molar-refractivity contribution in [1.29, 1.82) is 0 Å². The van der Waals surface area contributed by atoms with E-state index in [9.17, 15) is 13.2 Å². The normalized spacial score (nSPS) is 11.7. The molecule has 0 aliphatic heterocycles. The molecule has 29 heavy (non-hydrogen) atoms. The second-order valence-electron chi connectivity index (χ2n) is 6.30. The lowest BCUT2D eigenvalue weighted by atomic mass is 10.2. The number of sulfonamides is 1. The average Bonchev–Trinajstić information content (AvgIpc) is 3.00. The van der Waals surface area contributed by atoms with Crippen LogP contribution in [0.5, 0.6) is 0 Å². The van der Waals surface area contributed by atoms with Gasteiger partial charge in [-0.2, -0.15) is 0 Å². The van der Waals surface area contributed by atoms with Gasteiger partial charge in [-0.05, 0) is 57.9 Å². The fraction of sp³-hybridized carbons (Fsp3) is 0.0500. The predicted molar refractivity (Wildman–Crippen MR) is 122 cm³/mol. The zero-order valence-corrected chi connectivity index (χ0v) is 18.8. The molecule has 0 spiro atoms. The lowest BCUT2D eigenvalue weighted by Gasteiger charge is -2.09. The van der Waals surface area contributed by atoms with Gasteiger partial charge in [0.25, 0.3) is 10.0 Å². The van der Waals surface area contributed by atoms with Crippen molar-refractivity contribution < 1.29 is 8.42 Å². The molecule has 148 valence electrons. The molecule has 1 heterocycles. The molecule has 0 unspecified atom stereocenters. The molecule has 0 bridgehead atoms. The van der Waals surface area contributed by atoms with Gasteiger partial charge in [0.2, 0.25) is 0 Å². The summed E-state index contributed by atoms with van der Waals surface area (Å²) in [5.74, 6) is 0. The van der Waals surface area contributed by atoms with Crippen LogP contribution in [-0.4, -0.2) is 13.0 Å². The third kappa shape index (κ3) is 4.25. The minimum atomic E-state index is -3.83. The molecule has 0 radical (unpaired) electrons. The lowest BCUT2D eigenvalue weighted by molar-refractivity contribution is 0.601. The number of fused-ring (bicyclic) bond motifs is 1. The topological polar surface area (TPSA) is 68.2 Å². The van der Waals surface area contributed by atoms with E-state index in [1.807, 2.05) is 30.3 Å². The van der Waals surface area contributed by atoms with Crippen LogP contribution in [0, 0.1) is 0 Å². The summed E-state index contributed by atoms with van der Waals surface area (Å²) in [6.45, 7) is 0.432. The first-order valence-electron chi connectivity index (χ1n) is 8.49. The van der Waals surface area contributed by atoms with E-state index >= 15 is 0 Å². The van der Waals surface area contributed by atoms with Gasteiger partial charge in [-0.15, -0.1) is 0 Å². The van der Waals surface area contributed by atoms with E-state index in [0.717, 1.165) is 16.9 Å². The van der Waals surface area contributed by atoms with Crippen LogP contribution in [0.3, 0.4) is 0 Å². The van der Waals surface area contributed by atoms with Gasteiger partial charge in [-0.25, -0.2) is 8.42 Å². The van der Waals surface area contributed by atoms with Crippen molar-refractivity contribution in [1.82, 2.24) is 4.57 Å². The molecule has 1 aromatic heterocycles. The summed E-state index contributed by atoms with van der Waals surface area (Å²) in [5.41, 5.74) is 2.06. The molecule has 0 atom stereocenters. The van der Waals surface area contributed by atoms with E-state index in [2.05, 4.69) is 20.7 Å². The Hall–Kier alpha value is -2.13. The Morgan fingerprint density at radius 3 is 2.52 bits per heavy atom. The summed E-state index contributed by atoms with van der Waals surface area (Å²) < 4.78 is 31.0. The maximum atomic E-state index is 12.8. The van der Waals surface area contributed by atoms with Gasteiger partial charge < -0.3 is 0 Å². The van der Waals surface area contributed by atoms with Crippen LogP contribution in [0.25, 0.3) is 10.2 Å². The molecule has 5 nitrogen and oxygen atoms in total. The quantitative estimate of drug-likeness (QED) is 0.395. The molecule has 0 aliphatic rings. The van der Waals surface area contributed by atoms with Gasteiger partial charge in [0.15, 0.2) is 0 Å². The summed E-state index contributed by atoms with van der Waals surface area (Å²) >= 11 is 10.3. The van der Waals surface area contributed by atoms with Gasteiger partial charge in [0.05, 0.1) is 32.4 Å². The van der Waals surface area contributed by atoms with Crippen molar-refractivity contribution in [2.75, 3.05) is 4.72 Å². The van der Waals surface area contributed by atoms with Gasteiger partial charge >= 0.3 is 4.87 Å². The Morgan fingerprint density at radius 2 is 1.79 bits per heavy atom. The first-order chi connectivity index (χ1) is 13.8. The van der Waals surface area contributed by atoms with E-state index in [4.69, 9.17) is 11.6 Å². The van der Waals surface area contributed by atoms with Gasteiger partial charge in [-0.1, -0.05) is 53.3 Å². The van der Waals surface area contributed by atoms with Gasteiger partial charge in [0.1, 0.15) is 0 Å². The highest BCUT2D eigenvalue weighted by Crippen LogP contribution is 2.28. The zero-order valence-electron chi connectivity index (χ0n) is 14.8. The standard InChI is InChI=1S/C20H14BrClN2O3S2/c21-16-8-6-14(10-17(16)22)23-29(26,27)15-7-9-18-19(11-15)28-20(25)24(18)12-13-4-2-1-3-5-13/h1-11,23H,12H2. The molecule has 1 N–H and O–H groups in total. The van der Waals surface area contributed by atoms with Crippen molar-refractivity contribution in [3.05, 3.63) is 91.5 Å². The number of anilines is 1. The molecule has 3 aromatic carbocycles. The second-order valence-corrected chi connectivity index (χ2v) is 10.2. The Kier molecular flexibility index (Phi) is 5.52. The summed E-state index contributed by atoms with van der Waals surface area (Å²) in [5, 5.41) is 0.400. The Bertz CT molecular complexity index is 1370. The molecule has 0 saturated carbocycles. The minimum Gasteiger partial charge on any atom is -0.294 e. The molecule has 0 amide bonds. The fourth-order valence-corrected chi connectivity index (χ4v) is 5.41. The van der Waals surface area contributed by atoms with Crippen LogP contribution in [-0.2, 0) is 16.6 Å². The van der Waals surface area contributed by atoms with Crippen molar-refractivity contribution in [2.24, 2.45) is 0 Å². The third-order valence-electron chi connectivity index (χ3n) is 4.31. The SMILES string of the molecule is O=c1sc2cc(S(=O)(=O)Nc3ccc(Br)c(Cl)c3)ccc2n1Cc1ccccc1.